The topological polar surface area (TPSA) is 345 Å². The maximum Gasteiger partial charge on any atom is 0.351 e. The second kappa shape index (κ2) is 18.4. The number of ether oxygens (including phenoxy) is 6. The van der Waals surface area contributed by atoms with Crippen molar-refractivity contribution >= 4 is 35.6 Å². The van der Waals surface area contributed by atoms with Crippen molar-refractivity contribution in [1.82, 2.24) is 5.32 Å². The van der Waals surface area contributed by atoms with E-state index in [1.165, 1.54) is 55.7 Å². The predicted octanol–water partition coefficient (Wildman–Crippen LogP) is -4.45. The fourth-order valence-corrected chi connectivity index (χ4v) is 7.28. The molecule has 0 aliphatic carbocycles. The number of aliphatic carboxylic acids is 3. The number of phenolic OH excluding ortho intramolecular Hbond substituents is 2. The highest BCUT2D eigenvalue weighted by molar-refractivity contribution is 5.89. The summed E-state index contributed by atoms with van der Waals surface area (Å²) >= 11 is 0. The first-order chi connectivity index (χ1) is 28.9. The Morgan fingerprint density at radius 3 is 2.44 bits per heavy atom. The van der Waals surface area contributed by atoms with E-state index in [0.717, 1.165) is 6.08 Å². The van der Waals surface area contributed by atoms with E-state index >= 15 is 0 Å². The fourth-order valence-electron chi connectivity index (χ4n) is 7.28. The predicted molar refractivity (Wildman–Crippen MR) is 198 cm³/mol. The van der Waals surface area contributed by atoms with Gasteiger partial charge in [-0.2, -0.15) is 0 Å². The zero-order valence-corrected chi connectivity index (χ0v) is 32.2. The number of methoxy groups -OCH3 is 1. The van der Waals surface area contributed by atoms with Gasteiger partial charge in [-0.3, -0.25) is 4.90 Å². The summed E-state index contributed by atoms with van der Waals surface area (Å²) < 4.78 is 32.9. The molecule has 61 heavy (non-hydrogen) atoms. The average Bonchev–Trinajstić information content (AvgIpc) is 3.73. The maximum atomic E-state index is 12.5. The zero-order chi connectivity index (χ0) is 44.3. The molecule has 2 fully saturated rings. The van der Waals surface area contributed by atoms with Crippen LogP contribution in [0.2, 0.25) is 0 Å². The number of hydrogen-bond acceptors (Lipinski definition) is 19. The number of esters is 1. The summed E-state index contributed by atoms with van der Waals surface area (Å²) in [6, 6.07) is 4.29. The van der Waals surface area contributed by atoms with Crippen LogP contribution in [0.1, 0.15) is 17.5 Å². The summed E-state index contributed by atoms with van der Waals surface area (Å²) in [5.41, 5.74) is -1.21. The Kier molecular flexibility index (Phi) is 13.5. The van der Waals surface area contributed by atoms with Crippen molar-refractivity contribution in [2.24, 2.45) is 0 Å². The van der Waals surface area contributed by atoms with Crippen molar-refractivity contribution < 1.29 is 104 Å². The van der Waals surface area contributed by atoms with Gasteiger partial charge < -0.3 is 89.6 Å². The van der Waals surface area contributed by atoms with Crippen LogP contribution in [0, 0.1) is 0 Å². The quantitative estimate of drug-likeness (QED) is 0.0594. The van der Waals surface area contributed by atoms with Crippen molar-refractivity contribution in [2.45, 2.75) is 73.6 Å². The first-order valence-corrected chi connectivity index (χ1v) is 18.7. The average molecular weight is 861 g/mol. The molecule has 22 heteroatoms. The van der Waals surface area contributed by atoms with Gasteiger partial charge >= 0.3 is 17.9 Å². The smallest absolute Gasteiger partial charge is 0.351 e. The van der Waals surface area contributed by atoms with E-state index in [9.17, 15) is 70.2 Å². The van der Waals surface area contributed by atoms with Crippen LogP contribution in [-0.4, -0.2) is 164 Å². The van der Waals surface area contributed by atoms with Crippen LogP contribution in [0.25, 0.3) is 6.08 Å². The molecule has 11 unspecified atom stereocenters. The molecule has 4 aliphatic heterocycles. The number of benzene rings is 2. The largest absolute Gasteiger partial charge is 0.544 e. The van der Waals surface area contributed by atoms with Crippen molar-refractivity contribution in [3.8, 4) is 23.0 Å². The van der Waals surface area contributed by atoms with E-state index < -0.39 is 110 Å². The number of aliphatic hydroxyl groups is 5. The van der Waals surface area contributed by atoms with E-state index in [0.29, 0.717) is 16.7 Å². The molecule has 2 saturated heterocycles. The second-order valence-electron chi connectivity index (χ2n) is 14.7. The monoisotopic (exact) mass is 860 g/mol. The highest BCUT2D eigenvalue weighted by Crippen LogP contribution is 2.38. The van der Waals surface area contributed by atoms with Gasteiger partial charge in [0.2, 0.25) is 6.29 Å². The number of aromatic hydroxyl groups is 2. The molecule has 2 aromatic rings. The minimum absolute atomic E-state index is 0.0955. The normalized spacial score (nSPS) is 31.6. The van der Waals surface area contributed by atoms with E-state index in [1.54, 1.807) is 0 Å². The van der Waals surface area contributed by atoms with Crippen LogP contribution >= 0.6 is 0 Å². The number of carboxylic acid groups (broad SMARTS) is 3. The molecular weight excluding hydrogens is 816 g/mol. The van der Waals surface area contributed by atoms with Crippen molar-refractivity contribution in [2.75, 3.05) is 33.5 Å². The molecule has 11 atom stereocenters. The molecule has 6 rings (SSSR count). The highest BCUT2D eigenvalue weighted by Gasteiger charge is 2.54. The van der Waals surface area contributed by atoms with E-state index in [1.807, 2.05) is 0 Å². The first kappa shape index (κ1) is 44.7. The van der Waals surface area contributed by atoms with Gasteiger partial charge in [-0.05, 0) is 47.6 Å². The zero-order valence-electron chi connectivity index (χ0n) is 32.2. The van der Waals surface area contributed by atoms with Gasteiger partial charge in [0.05, 0.1) is 20.3 Å². The highest BCUT2D eigenvalue weighted by atomic mass is 16.8. The summed E-state index contributed by atoms with van der Waals surface area (Å²) in [7, 11) is 1.35. The van der Waals surface area contributed by atoms with Gasteiger partial charge in [0.1, 0.15) is 67.0 Å². The lowest BCUT2D eigenvalue weighted by Crippen LogP contribution is -3.11. The fraction of sp³-hybridized carbons (Fsp3) is 0.436. The molecule has 2 aromatic carbocycles. The van der Waals surface area contributed by atoms with Gasteiger partial charge in [0.15, 0.2) is 41.0 Å². The van der Waals surface area contributed by atoms with Gasteiger partial charge in [0, 0.05) is 30.5 Å². The van der Waals surface area contributed by atoms with Crippen molar-refractivity contribution in [3.63, 3.8) is 0 Å². The van der Waals surface area contributed by atoms with Crippen LogP contribution in [0.4, 0.5) is 5.69 Å². The van der Waals surface area contributed by atoms with Gasteiger partial charge in [-0.25, -0.2) is 14.4 Å². The number of allylic oxidation sites excluding steroid dienone is 1. The summed E-state index contributed by atoms with van der Waals surface area (Å²) in [5, 5.41) is 108. The van der Waals surface area contributed by atoms with Crippen LogP contribution in [0.3, 0.4) is 0 Å². The van der Waals surface area contributed by atoms with Gasteiger partial charge in [0.25, 0.3) is 0 Å². The molecule has 0 saturated carbocycles. The molecule has 4 aliphatic rings. The number of hydrogen-bond donors (Lipinski definition) is 11. The third kappa shape index (κ3) is 9.72. The summed E-state index contributed by atoms with van der Waals surface area (Å²) in [6.07, 6.45) is -7.53. The number of aliphatic hydroxyl groups excluding tert-OH is 4. The Labute approximate surface area is 345 Å². The molecule has 0 bridgehead atoms. The number of carbonyl (C=O) groups is 4. The molecule has 22 nitrogen and oxygen atoms in total. The van der Waals surface area contributed by atoms with Crippen LogP contribution in [0.5, 0.6) is 23.0 Å². The molecule has 0 radical (unpaired) electrons. The molecule has 11 N–H and O–H groups in total. The van der Waals surface area contributed by atoms with Crippen LogP contribution in [0.15, 0.2) is 59.8 Å². The number of carbonyl (C=O) groups excluding carboxylic acids is 2. The Hall–Kier alpha value is -5.82. The lowest BCUT2D eigenvalue weighted by Gasteiger charge is -2.42. The number of carboxylic acids is 3. The summed E-state index contributed by atoms with van der Waals surface area (Å²) in [4.78, 5) is 48.2. The Morgan fingerprint density at radius 1 is 1.02 bits per heavy atom. The number of nitrogens with one attached hydrogen (secondary N) is 2. The summed E-state index contributed by atoms with van der Waals surface area (Å²) in [5.74, 6) is -5.95. The maximum absolute atomic E-state index is 12.5. The lowest BCUT2D eigenvalue weighted by molar-refractivity contribution is -0.840. The van der Waals surface area contributed by atoms with E-state index in [4.69, 9.17) is 28.4 Å². The minimum atomic E-state index is -2.24. The van der Waals surface area contributed by atoms with Crippen LogP contribution in [-0.2, 0) is 44.5 Å². The minimum Gasteiger partial charge on any atom is -0.544 e. The molecule has 0 aromatic heterocycles. The molecule has 330 valence electrons. The van der Waals surface area contributed by atoms with Crippen molar-refractivity contribution in [3.05, 3.63) is 71.0 Å². The Balaban J connectivity index is 1.16. The second-order valence-corrected chi connectivity index (χ2v) is 14.7. The SMILES string of the molecule is COc1cc(C=CC(=O)OCC2(O)COC(OC3C(Oc4cc5c(cc4O)[NH+](CC=C4C=C(C(=O)O)NC(C(=O)O)C4)C(C(=O)[O-])C5)OC(CO)C(O)C3O)C2O)ccc1O. The molecule has 0 amide bonds. The van der Waals surface area contributed by atoms with Gasteiger partial charge in [-0.15, -0.1) is 0 Å². The first-order valence-electron chi connectivity index (χ1n) is 18.7. The molecular formula is C39H44N2O20. The lowest BCUT2D eigenvalue weighted by atomic mass is 9.98. The molecule has 4 heterocycles. The standard InChI is InChI=1S/C39H44N2O20/c1-56-26-10-17(2-4-24(26)43)3-5-29(45)57-15-39(55)16-58-38(33(39)48)61-32-31(47)30(46)28(14-42)60-37(32)59-27-12-19-11-23(36(53)54)41(22(19)13-25(27)44)7-6-18-8-20(34(49)50)40-21(9-18)35(51)52/h2-6,8,10,12-13,21,23,28,30-33,37-38,40,42-44,46-48,55H,7,9,11,14-16H2,1H3,(H,49,50)(H,51,52)(H,53,54). The third-order valence-corrected chi connectivity index (χ3v) is 10.6. The van der Waals surface area contributed by atoms with Crippen LogP contribution < -0.4 is 24.8 Å². The summed E-state index contributed by atoms with van der Waals surface area (Å²) in [6.45, 7) is -2.35. The Bertz CT molecular complexity index is 2110. The third-order valence-electron chi connectivity index (χ3n) is 10.6. The number of fused-ring (bicyclic) bond motifs is 1. The van der Waals surface area contributed by atoms with E-state index in [-0.39, 0.29) is 52.9 Å². The number of quaternary nitrogens is 1. The van der Waals surface area contributed by atoms with Crippen molar-refractivity contribution in [1.29, 1.82) is 0 Å². The molecule has 0 spiro atoms. The van der Waals surface area contributed by atoms with E-state index in [2.05, 4.69) is 5.32 Å². The number of phenols is 2. The van der Waals surface area contributed by atoms with Gasteiger partial charge in [-0.1, -0.05) is 6.07 Å². The Morgan fingerprint density at radius 2 is 1.77 bits per heavy atom. The number of rotatable bonds is 15.